The monoisotopic (exact) mass is 670 g/mol. The Labute approximate surface area is 226 Å². The SMILES string of the molecule is Cc1cc(Oc2cc(F)ccn2)[c-]c(-c2[c-]c3c(cc2)c2cc(C)ccc2n3-c2cc(F)ccn2)c1.[Pt+2]. The van der Waals surface area contributed by atoms with Crippen LogP contribution < -0.4 is 4.74 Å². The van der Waals surface area contributed by atoms with Gasteiger partial charge in [0, 0.05) is 35.8 Å². The second-order valence-corrected chi connectivity index (χ2v) is 8.67. The van der Waals surface area contributed by atoms with Gasteiger partial charge in [0.15, 0.2) is 0 Å². The molecule has 6 rings (SSSR count). The van der Waals surface area contributed by atoms with Gasteiger partial charge in [0.2, 0.25) is 5.88 Å². The van der Waals surface area contributed by atoms with Crippen LogP contribution in [0.25, 0.3) is 38.8 Å². The fraction of sp³-hybridized carbons (Fsp3) is 0.0667. The minimum Gasteiger partial charge on any atom is -0.460 e. The van der Waals surface area contributed by atoms with Crippen LogP contribution in [0.1, 0.15) is 11.1 Å². The summed E-state index contributed by atoms with van der Waals surface area (Å²) in [5.41, 5.74) is 5.28. The quantitative estimate of drug-likeness (QED) is 0.182. The zero-order chi connectivity index (χ0) is 24.8. The first-order valence-electron chi connectivity index (χ1n) is 11.4. The fourth-order valence-electron chi connectivity index (χ4n) is 4.40. The first kappa shape index (κ1) is 24.8. The first-order chi connectivity index (χ1) is 17.4. The largest absolute Gasteiger partial charge is 2.00 e. The molecule has 0 unspecified atom stereocenters. The predicted molar refractivity (Wildman–Crippen MR) is 135 cm³/mol. The second kappa shape index (κ2) is 9.87. The molecular weight excluding hydrogens is 651 g/mol. The summed E-state index contributed by atoms with van der Waals surface area (Å²) in [4.78, 5) is 8.49. The number of hydrogen-bond acceptors (Lipinski definition) is 3. The Morgan fingerprint density at radius 1 is 0.730 bits per heavy atom. The second-order valence-electron chi connectivity index (χ2n) is 8.67. The van der Waals surface area contributed by atoms with Crippen molar-refractivity contribution in [1.82, 2.24) is 14.5 Å². The molecule has 4 nitrogen and oxygen atoms in total. The Balaban J connectivity index is 0.00000280. The number of nitrogens with zero attached hydrogens (tertiary/aromatic N) is 3. The van der Waals surface area contributed by atoms with Gasteiger partial charge >= 0.3 is 21.1 Å². The van der Waals surface area contributed by atoms with Crippen molar-refractivity contribution in [2.75, 3.05) is 0 Å². The van der Waals surface area contributed by atoms with E-state index in [9.17, 15) is 8.78 Å². The summed E-state index contributed by atoms with van der Waals surface area (Å²) in [7, 11) is 0. The Hall–Kier alpha value is -3.89. The van der Waals surface area contributed by atoms with Crippen LogP contribution in [0.2, 0.25) is 0 Å². The van der Waals surface area contributed by atoms with E-state index in [1.54, 1.807) is 0 Å². The molecular formula is C30H19F2N3OPt. The summed E-state index contributed by atoms with van der Waals surface area (Å²) in [6.07, 6.45) is 2.81. The number of ether oxygens (including phenoxy) is 1. The maximum Gasteiger partial charge on any atom is 2.00 e. The van der Waals surface area contributed by atoms with E-state index in [0.717, 1.165) is 44.1 Å². The summed E-state index contributed by atoms with van der Waals surface area (Å²) < 4.78 is 35.4. The minimum absolute atomic E-state index is 0. The van der Waals surface area contributed by atoms with Gasteiger partial charge in [-0.25, -0.2) is 29.9 Å². The van der Waals surface area contributed by atoms with Crippen LogP contribution in [0, 0.1) is 37.6 Å². The maximum atomic E-state index is 14.1. The molecule has 3 aromatic carbocycles. The van der Waals surface area contributed by atoms with Crippen LogP contribution in [-0.2, 0) is 21.1 Å². The first-order valence-corrected chi connectivity index (χ1v) is 11.4. The van der Waals surface area contributed by atoms with Crippen molar-refractivity contribution in [3.63, 3.8) is 0 Å². The number of aromatic nitrogens is 3. The van der Waals surface area contributed by atoms with E-state index in [1.807, 2.05) is 54.8 Å². The molecule has 7 heteroatoms. The van der Waals surface area contributed by atoms with E-state index in [1.165, 1.54) is 36.7 Å². The van der Waals surface area contributed by atoms with E-state index < -0.39 is 5.82 Å². The number of fused-ring (bicyclic) bond motifs is 3. The molecule has 0 fully saturated rings. The molecule has 0 aliphatic rings. The van der Waals surface area contributed by atoms with Crippen molar-refractivity contribution >= 4 is 21.8 Å². The molecule has 37 heavy (non-hydrogen) atoms. The van der Waals surface area contributed by atoms with Crippen molar-refractivity contribution in [1.29, 1.82) is 0 Å². The van der Waals surface area contributed by atoms with Crippen LogP contribution in [-0.4, -0.2) is 14.5 Å². The van der Waals surface area contributed by atoms with Gasteiger partial charge in [0.05, 0.1) is 0 Å². The van der Waals surface area contributed by atoms with E-state index >= 15 is 0 Å². The summed E-state index contributed by atoms with van der Waals surface area (Å²) in [6, 6.07) is 25.9. The van der Waals surface area contributed by atoms with Gasteiger partial charge in [-0.3, -0.25) is 0 Å². The Morgan fingerprint density at radius 2 is 1.51 bits per heavy atom. The van der Waals surface area contributed by atoms with Gasteiger partial charge in [-0.15, -0.1) is 17.7 Å². The van der Waals surface area contributed by atoms with Gasteiger partial charge < -0.3 is 9.30 Å². The van der Waals surface area contributed by atoms with Crippen LogP contribution >= 0.6 is 0 Å². The van der Waals surface area contributed by atoms with Gasteiger partial charge in [-0.2, -0.15) is 18.2 Å². The third kappa shape index (κ3) is 4.77. The summed E-state index contributed by atoms with van der Waals surface area (Å²) in [5.74, 6) is 0.245. The third-order valence-corrected chi connectivity index (χ3v) is 5.96. The maximum absolute atomic E-state index is 14.1. The summed E-state index contributed by atoms with van der Waals surface area (Å²) in [5, 5.41) is 2.02. The number of benzene rings is 3. The molecule has 0 N–H and O–H groups in total. The van der Waals surface area contributed by atoms with E-state index in [4.69, 9.17) is 4.74 Å². The molecule has 0 aliphatic carbocycles. The topological polar surface area (TPSA) is 39.9 Å². The van der Waals surface area contributed by atoms with Crippen LogP contribution in [0.5, 0.6) is 11.6 Å². The fourth-order valence-corrected chi connectivity index (χ4v) is 4.40. The zero-order valence-corrected chi connectivity index (χ0v) is 22.1. The van der Waals surface area contributed by atoms with E-state index in [0.29, 0.717) is 11.6 Å². The molecule has 3 aromatic heterocycles. The molecule has 0 atom stereocenters. The molecule has 0 aliphatic heterocycles. The van der Waals surface area contributed by atoms with E-state index in [-0.39, 0.29) is 32.8 Å². The summed E-state index contributed by atoms with van der Waals surface area (Å²) in [6.45, 7) is 3.98. The molecule has 0 saturated carbocycles. The van der Waals surface area contributed by atoms with Gasteiger partial charge in [-0.1, -0.05) is 36.1 Å². The van der Waals surface area contributed by atoms with Crippen LogP contribution in [0.4, 0.5) is 8.78 Å². The minimum atomic E-state index is -0.430. The molecule has 0 saturated heterocycles. The van der Waals surface area contributed by atoms with Crippen molar-refractivity contribution in [3.8, 4) is 28.6 Å². The predicted octanol–water partition coefficient (Wildman–Crippen LogP) is 7.53. The molecule has 0 bridgehead atoms. The average molecular weight is 671 g/mol. The van der Waals surface area contributed by atoms with E-state index in [2.05, 4.69) is 28.2 Å². The average Bonchev–Trinajstić information content (AvgIpc) is 3.16. The normalized spacial score (nSPS) is 11.0. The molecule has 3 heterocycles. The zero-order valence-electron chi connectivity index (χ0n) is 19.8. The van der Waals surface area contributed by atoms with Crippen LogP contribution in [0.15, 0.2) is 79.1 Å². The molecule has 6 aromatic rings. The van der Waals surface area contributed by atoms with Crippen LogP contribution in [0.3, 0.4) is 0 Å². The smallest absolute Gasteiger partial charge is 0.460 e. The molecule has 0 radical (unpaired) electrons. The van der Waals surface area contributed by atoms with Crippen molar-refractivity contribution < 1.29 is 34.6 Å². The molecule has 184 valence electrons. The number of aryl methyl sites for hydroxylation is 2. The van der Waals surface area contributed by atoms with Gasteiger partial charge in [0.25, 0.3) is 0 Å². The Morgan fingerprint density at radius 3 is 2.30 bits per heavy atom. The summed E-state index contributed by atoms with van der Waals surface area (Å²) >= 11 is 0. The van der Waals surface area contributed by atoms with Crippen molar-refractivity contribution in [2.45, 2.75) is 13.8 Å². The van der Waals surface area contributed by atoms with Gasteiger partial charge in [-0.05, 0) is 36.0 Å². The number of pyridine rings is 2. The number of hydrogen-bond donors (Lipinski definition) is 0. The number of rotatable bonds is 4. The molecule has 0 amide bonds. The third-order valence-electron chi connectivity index (χ3n) is 5.96. The number of halogens is 2. The Bertz CT molecular complexity index is 1780. The van der Waals surface area contributed by atoms with Gasteiger partial charge in [0.1, 0.15) is 17.5 Å². The van der Waals surface area contributed by atoms with Crippen molar-refractivity contribution in [2.24, 2.45) is 0 Å². The molecule has 0 spiro atoms. The standard InChI is InChI=1S/C30H19F2N3O.Pt/c1-18-3-6-27-26(13-18)25-5-4-20(15-28(25)35(27)29-16-22(31)7-9-33-29)21-11-19(2)12-24(14-21)36-30-17-23(32)8-10-34-30;/h3-13,16-17H,1-2H3;/q-2;+2. The van der Waals surface area contributed by atoms with Crippen molar-refractivity contribution in [3.05, 3.63) is 114 Å². The Kier molecular flexibility index (Phi) is 6.61.